The zero-order valence-electron chi connectivity index (χ0n) is 17.8. The number of rotatable bonds is 7. The fourth-order valence-corrected chi connectivity index (χ4v) is 4.99. The molecule has 0 aromatic carbocycles. The molecule has 2 heterocycles. The third-order valence-electron chi connectivity index (χ3n) is 4.56. The molecule has 168 valence electrons. The van der Waals surface area contributed by atoms with Gasteiger partial charge in [0.2, 0.25) is 10.0 Å². The molecule has 1 aromatic rings. The maximum atomic E-state index is 12.7. The van der Waals surface area contributed by atoms with E-state index in [0.29, 0.717) is 37.2 Å². The van der Waals surface area contributed by atoms with E-state index in [4.69, 9.17) is 16.3 Å². The summed E-state index contributed by atoms with van der Waals surface area (Å²) >= 11 is 6.05. The topological polar surface area (TPSA) is 79.2 Å². The molecule has 0 radical (unpaired) electrons. The zero-order valence-corrected chi connectivity index (χ0v) is 21.7. The lowest BCUT2D eigenvalue weighted by Gasteiger charge is -2.34. The number of aryl methyl sites for hydroxylation is 1. The Morgan fingerprint density at radius 2 is 2.00 bits per heavy atom. The highest BCUT2D eigenvalue weighted by Crippen LogP contribution is 2.16. The molecule has 1 fully saturated rings. The van der Waals surface area contributed by atoms with Crippen LogP contribution < -0.4 is 5.32 Å². The molecule has 0 spiro atoms. The number of sulfonamides is 1. The SMILES string of the molecule is CCNC(=NCCS(=O)(=O)N1CC(C)OC(C)C1)N(C)Cc1cc(Cl)cn1C.I. The second kappa shape index (κ2) is 11.7. The number of hydrogen-bond donors (Lipinski definition) is 1. The van der Waals surface area contributed by atoms with Gasteiger partial charge in [-0.15, -0.1) is 24.0 Å². The maximum absolute atomic E-state index is 12.7. The Hall–Kier alpha value is -0.560. The number of aromatic nitrogens is 1. The first-order chi connectivity index (χ1) is 13.1. The summed E-state index contributed by atoms with van der Waals surface area (Å²) in [5, 5.41) is 3.90. The number of nitrogens with zero attached hydrogens (tertiary/aromatic N) is 4. The molecule has 8 nitrogen and oxygen atoms in total. The predicted octanol–water partition coefficient (Wildman–Crippen LogP) is 2.13. The van der Waals surface area contributed by atoms with Crippen molar-refractivity contribution in [3.05, 3.63) is 23.0 Å². The van der Waals surface area contributed by atoms with Crippen molar-refractivity contribution in [2.45, 2.75) is 39.5 Å². The van der Waals surface area contributed by atoms with Crippen LogP contribution in [0.4, 0.5) is 0 Å². The molecule has 1 saturated heterocycles. The Labute approximate surface area is 196 Å². The number of guanidine groups is 1. The van der Waals surface area contributed by atoms with Crippen LogP contribution >= 0.6 is 35.6 Å². The molecular formula is C18H33ClIN5O3S. The molecule has 0 aliphatic carbocycles. The van der Waals surface area contributed by atoms with Crippen molar-refractivity contribution in [2.75, 3.05) is 39.0 Å². The minimum atomic E-state index is -3.37. The van der Waals surface area contributed by atoms with Crippen LogP contribution in [0.15, 0.2) is 17.3 Å². The van der Waals surface area contributed by atoms with Crippen molar-refractivity contribution in [2.24, 2.45) is 12.0 Å². The average molecular weight is 562 g/mol. The monoisotopic (exact) mass is 561 g/mol. The van der Waals surface area contributed by atoms with E-state index in [1.807, 2.05) is 56.6 Å². The highest BCUT2D eigenvalue weighted by atomic mass is 127. The Morgan fingerprint density at radius 1 is 1.38 bits per heavy atom. The van der Waals surface area contributed by atoms with Gasteiger partial charge >= 0.3 is 0 Å². The molecular weight excluding hydrogens is 529 g/mol. The molecule has 1 aliphatic rings. The first-order valence-electron chi connectivity index (χ1n) is 9.55. The van der Waals surface area contributed by atoms with Crippen LogP contribution in [0.1, 0.15) is 26.5 Å². The second-order valence-electron chi connectivity index (χ2n) is 7.24. The van der Waals surface area contributed by atoms with E-state index < -0.39 is 10.0 Å². The summed E-state index contributed by atoms with van der Waals surface area (Å²) in [5.74, 6) is 0.643. The fourth-order valence-electron chi connectivity index (χ4n) is 3.26. The largest absolute Gasteiger partial charge is 0.373 e. The molecule has 11 heteroatoms. The normalized spacial score (nSPS) is 21.0. The molecule has 1 aromatic heterocycles. The molecule has 0 amide bonds. The van der Waals surface area contributed by atoms with Crippen LogP contribution in [0, 0.1) is 0 Å². The highest BCUT2D eigenvalue weighted by Gasteiger charge is 2.30. The van der Waals surface area contributed by atoms with Gasteiger partial charge in [-0.3, -0.25) is 4.99 Å². The van der Waals surface area contributed by atoms with Gasteiger partial charge in [0, 0.05) is 45.6 Å². The number of halogens is 2. The summed E-state index contributed by atoms with van der Waals surface area (Å²) < 4.78 is 34.5. The van der Waals surface area contributed by atoms with E-state index in [1.54, 1.807) is 0 Å². The van der Waals surface area contributed by atoms with Crippen molar-refractivity contribution in [3.8, 4) is 0 Å². The van der Waals surface area contributed by atoms with Gasteiger partial charge in [-0.2, -0.15) is 4.31 Å². The van der Waals surface area contributed by atoms with Gasteiger partial charge in [0.1, 0.15) is 0 Å². The Bertz CT molecular complexity index is 776. The van der Waals surface area contributed by atoms with Crippen LogP contribution in [-0.4, -0.2) is 79.3 Å². The molecule has 0 saturated carbocycles. The zero-order chi connectivity index (χ0) is 20.9. The lowest BCUT2D eigenvalue weighted by molar-refractivity contribution is -0.0440. The van der Waals surface area contributed by atoms with Crippen LogP contribution in [0.5, 0.6) is 0 Å². The van der Waals surface area contributed by atoms with Gasteiger partial charge in [-0.25, -0.2) is 8.42 Å². The maximum Gasteiger partial charge on any atom is 0.216 e. The van der Waals surface area contributed by atoms with Gasteiger partial charge in [0.05, 0.1) is 36.1 Å². The van der Waals surface area contributed by atoms with E-state index in [0.717, 1.165) is 5.69 Å². The van der Waals surface area contributed by atoms with Crippen LogP contribution in [-0.2, 0) is 28.4 Å². The van der Waals surface area contributed by atoms with Crippen molar-refractivity contribution < 1.29 is 13.2 Å². The van der Waals surface area contributed by atoms with E-state index in [-0.39, 0.29) is 48.5 Å². The number of aliphatic imine (C=N–C) groups is 1. The summed E-state index contributed by atoms with van der Waals surface area (Å²) in [6.07, 6.45) is 1.66. The van der Waals surface area contributed by atoms with Crippen LogP contribution in [0.25, 0.3) is 0 Å². The van der Waals surface area contributed by atoms with Crippen LogP contribution in [0.2, 0.25) is 5.02 Å². The summed E-state index contributed by atoms with van der Waals surface area (Å²) in [6, 6.07) is 1.91. The molecule has 1 aliphatic heterocycles. The average Bonchev–Trinajstić information content (AvgIpc) is 2.90. The lowest BCUT2D eigenvalue weighted by Crippen LogP contribution is -2.49. The molecule has 2 unspecified atom stereocenters. The molecule has 2 rings (SSSR count). The second-order valence-corrected chi connectivity index (χ2v) is 9.77. The van der Waals surface area contributed by atoms with E-state index in [2.05, 4.69) is 10.3 Å². The van der Waals surface area contributed by atoms with Crippen molar-refractivity contribution in [1.29, 1.82) is 0 Å². The number of morpholine rings is 1. The van der Waals surface area contributed by atoms with E-state index in [1.165, 1.54) is 4.31 Å². The molecule has 2 atom stereocenters. The first kappa shape index (κ1) is 26.5. The summed E-state index contributed by atoms with van der Waals surface area (Å²) in [5.41, 5.74) is 1.04. The standard InChI is InChI=1S/C18H32ClN5O3S.HI/c1-6-20-18(23(5)13-17-9-16(19)12-22(17)4)21-7-8-28(25,26)24-10-14(2)27-15(3)11-24;/h9,12,14-15H,6-8,10-11,13H2,1-5H3,(H,20,21);1H. The third-order valence-corrected chi connectivity index (χ3v) is 6.55. The highest BCUT2D eigenvalue weighted by molar-refractivity contribution is 14.0. The third kappa shape index (κ3) is 7.89. The van der Waals surface area contributed by atoms with Gasteiger partial charge in [0.25, 0.3) is 0 Å². The van der Waals surface area contributed by atoms with E-state index >= 15 is 0 Å². The lowest BCUT2D eigenvalue weighted by atomic mass is 10.3. The summed E-state index contributed by atoms with van der Waals surface area (Å²) in [6.45, 7) is 8.06. The smallest absolute Gasteiger partial charge is 0.216 e. The fraction of sp³-hybridized carbons (Fsp3) is 0.722. The van der Waals surface area contributed by atoms with Gasteiger partial charge < -0.3 is 19.5 Å². The Morgan fingerprint density at radius 3 is 2.52 bits per heavy atom. The van der Waals surface area contributed by atoms with Crippen molar-refractivity contribution in [3.63, 3.8) is 0 Å². The van der Waals surface area contributed by atoms with Gasteiger partial charge in [0.15, 0.2) is 5.96 Å². The van der Waals surface area contributed by atoms with Crippen molar-refractivity contribution in [1.82, 2.24) is 19.1 Å². The summed E-state index contributed by atoms with van der Waals surface area (Å²) in [4.78, 5) is 6.48. The molecule has 1 N–H and O–H groups in total. The minimum Gasteiger partial charge on any atom is -0.373 e. The molecule has 29 heavy (non-hydrogen) atoms. The van der Waals surface area contributed by atoms with Crippen LogP contribution in [0.3, 0.4) is 0 Å². The van der Waals surface area contributed by atoms with Crippen molar-refractivity contribution >= 4 is 51.6 Å². The van der Waals surface area contributed by atoms with E-state index in [9.17, 15) is 8.42 Å². The minimum absolute atomic E-state index is 0. The number of nitrogens with one attached hydrogen (secondary N) is 1. The number of hydrogen-bond acceptors (Lipinski definition) is 4. The predicted molar refractivity (Wildman–Crippen MR) is 129 cm³/mol. The molecule has 0 bridgehead atoms. The Kier molecular flexibility index (Phi) is 10.7. The first-order valence-corrected chi connectivity index (χ1v) is 11.5. The Balaban J connectivity index is 0.00000420. The number of ether oxygens (including phenoxy) is 1. The van der Waals surface area contributed by atoms with Gasteiger partial charge in [-0.1, -0.05) is 11.6 Å². The van der Waals surface area contributed by atoms with Gasteiger partial charge in [-0.05, 0) is 26.8 Å². The summed E-state index contributed by atoms with van der Waals surface area (Å²) in [7, 11) is 0.490. The quantitative estimate of drug-likeness (QED) is 0.314.